The van der Waals surface area contributed by atoms with Crippen LogP contribution in [0.2, 0.25) is 0 Å². The summed E-state index contributed by atoms with van der Waals surface area (Å²) in [4.78, 5) is 42.4. The summed E-state index contributed by atoms with van der Waals surface area (Å²) in [6.45, 7) is 0.736. The number of aromatic nitrogens is 6. The van der Waals surface area contributed by atoms with Gasteiger partial charge in [-0.05, 0) is 50.5 Å². The van der Waals surface area contributed by atoms with E-state index in [0.29, 0.717) is 56.2 Å². The van der Waals surface area contributed by atoms with E-state index in [4.69, 9.17) is 4.74 Å². The van der Waals surface area contributed by atoms with Crippen LogP contribution in [0.5, 0.6) is 6.01 Å². The number of urea groups is 1. The first kappa shape index (κ1) is 34.7. The number of carbonyl (C=O) groups is 1. The number of hydrogen-bond acceptors (Lipinski definition) is 10. The molecule has 1 saturated heterocycles. The fourth-order valence-electron chi connectivity index (χ4n) is 6.26. The second-order valence-electron chi connectivity index (χ2n) is 12.3. The fraction of sp³-hybridized carbons (Fsp3) is 0.441. The van der Waals surface area contributed by atoms with Crippen LogP contribution in [0, 0.1) is 0 Å². The van der Waals surface area contributed by atoms with Gasteiger partial charge in [0.25, 0.3) is 0 Å². The molecule has 2 aliphatic rings. The van der Waals surface area contributed by atoms with E-state index in [0.717, 1.165) is 11.8 Å². The van der Waals surface area contributed by atoms with E-state index in [1.165, 1.54) is 12.0 Å². The zero-order valence-electron chi connectivity index (χ0n) is 27.5. The topological polar surface area (TPSA) is 134 Å². The van der Waals surface area contributed by atoms with Gasteiger partial charge in [0.2, 0.25) is 11.9 Å². The number of hydrogen-bond donors (Lipinski definition) is 2. The number of nitrogens with one attached hydrogen (secondary N) is 2. The first-order valence-electron chi connectivity index (χ1n) is 16.6. The molecule has 1 atom stereocenters. The maximum Gasteiger partial charge on any atom is 0.421 e. The summed E-state index contributed by atoms with van der Waals surface area (Å²) in [6, 6.07) is 9.01. The maximum atomic E-state index is 14.0. The molecular formula is C34H38F4N10O2. The first-order valence-corrected chi connectivity index (χ1v) is 16.6. The predicted octanol–water partition coefficient (Wildman–Crippen LogP) is 6.22. The molecule has 0 radical (unpaired) electrons. The van der Waals surface area contributed by atoms with Crippen LogP contribution >= 0.6 is 0 Å². The van der Waals surface area contributed by atoms with Gasteiger partial charge in [-0.1, -0.05) is 30.3 Å². The minimum Gasteiger partial charge on any atom is -0.467 e. The number of ether oxygens (including phenoxy) is 1. The molecular weight excluding hydrogens is 656 g/mol. The third-order valence-corrected chi connectivity index (χ3v) is 8.93. The lowest BCUT2D eigenvalue weighted by molar-refractivity contribution is -0.137. The number of amides is 2. The number of nitrogens with zero attached hydrogens (tertiary/aromatic N) is 8. The summed E-state index contributed by atoms with van der Waals surface area (Å²) in [5, 5.41) is 6.20. The molecule has 3 aromatic heterocycles. The Labute approximate surface area is 286 Å². The third kappa shape index (κ3) is 8.52. The van der Waals surface area contributed by atoms with E-state index in [9.17, 15) is 22.4 Å². The number of benzene rings is 1. The van der Waals surface area contributed by atoms with Crippen molar-refractivity contribution in [1.82, 2.24) is 35.2 Å². The van der Waals surface area contributed by atoms with Gasteiger partial charge in [0.05, 0.1) is 7.11 Å². The van der Waals surface area contributed by atoms with E-state index in [2.05, 4.69) is 40.5 Å². The second kappa shape index (κ2) is 15.6. The molecule has 0 bridgehead atoms. The average Bonchev–Trinajstić information content (AvgIpc) is 3.36. The molecule has 4 heterocycles. The number of anilines is 3. The molecule has 16 heteroatoms. The summed E-state index contributed by atoms with van der Waals surface area (Å²) in [7, 11) is 1.48. The van der Waals surface area contributed by atoms with Gasteiger partial charge in [-0.3, -0.25) is 4.90 Å². The lowest BCUT2D eigenvalue weighted by atomic mass is 9.90. The van der Waals surface area contributed by atoms with Crippen LogP contribution < -0.4 is 25.2 Å². The van der Waals surface area contributed by atoms with Crippen molar-refractivity contribution in [2.45, 2.75) is 75.9 Å². The Kier molecular flexibility index (Phi) is 10.8. The zero-order valence-corrected chi connectivity index (χ0v) is 27.5. The molecule has 1 saturated carbocycles. The van der Waals surface area contributed by atoms with Crippen LogP contribution in [0.15, 0.2) is 61.3 Å². The van der Waals surface area contributed by atoms with Crippen LogP contribution in [0.3, 0.4) is 0 Å². The minimum atomic E-state index is -4.65. The van der Waals surface area contributed by atoms with Crippen LogP contribution in [-0.4, -0.2) is 74.4 Å². The van der Waals surface area contributed by atoms with Gasteiger partial charge in [-0.2, -0.15) is 18.2 Å². The first-order chi connectivity index (χ1) is 24.2. The Bertz CT molecular complexity index is 1710. The molecule has 12 nitrogen and oxygen atoms in total. The lowest BCUT2D eigenvalue weighted by Crippen LogP contribution is -2.49. The third-order valence-electron chi connectivity index (χ3n) is 8.93. The maximum absolute atomic E-state index is 14.0. The van der Waals surface area contributed by atoms with E-state index < -0.39 is 17.9 Å². The predicted molar refractivity (Wildman–Crippen MR) is 178 cm³/mol. The molecule has 6 rings (SSSR count). The van der Waals surface area contributed by atoms with Crippen LogP contribution in [0.4, 0.5) is 40.1 Å². The quantitative estimate of drug-likeness (QED) is 0.195. The number of halogens is 4. The Morgan fingerprint density at radius 3 is 2.24 bits per heavy atom. The smallest absolute Gasteiger partial charge is 0.421 e. The summed E-state index contributed by atoms with van der Waals surface area (Å²) in [5.41, 5.74) is 1.34. The van der Waals surface area contributed by atoms with E-state index in [1.807, 2.05) is 30.3 Å². The van der Waals surface area contributed by atoms with Gasteiger partial charge >= 0.3 is 18.2 Å². The Morgan fingerprint density at radius 1 is 0.900 bits per heavy atom. The number of carbonyl (C=O) groups excluding carboxylic acids is 1. The normalized spacial score (nSPS) is 19.7. The zero-order chi connectivity index (χ0) is 35.1. The minimum absolute atomic E-state index is 0.0800. The van der Waals surface area contributed by atoms with Crippen LogP contribution in [0.25, 0.3) is 11.1 Å². The second-order valence-corrected chi connectivity index (χ2v) is 12.3. The largest absolute Gasteiger partial charge is 0.467 e. The Balaban J connectivity index is 1.16. The summed E-state index contributed by atoms with van der Waals surface area (Å²) >= 11 is 0. The monoisotopic (exact) mass is 694 g/mol. The Morgan fingerprint density at radius 2 is 1.58 bits per heavy atom. The average molecular weight is 695 g/mol. The molecule has 1 unspecified atom stereocenters. The Hall–Kier alpha value is -5.15. The lowest BCUT2D eigenvalue weighted by Gasteiger charge is -2.36. The highest BCUT2D eigenvalue weighted by Crippen LogP contribution is 2.37. The van der Waals surface area contributed by atoms with Crippen molar-refractivity contribution in [3.63, 3.8) is 0 Å². The highest BCUT2D eigenvalue weighted by atomic mass is 19.4. The van der Waals surface area contributed by atoms with E-state index in [-0.39, 0.29) is 61.4 Å². The molecule has 264 valence electrons. The van der Waals surface area contributed by atoms with Crippen molar-refractivity contribution in [2.75, 3.05) is 35.3 Å². The summed E-state index contributed by atoms with van der Waals surface area (Å²) in [5.74, 6) is 0.0751. The fourth-order valence-corrected chi connectivity index (χ4v) is 6.26. The highest BCUT2D eigenvalue weighted by molar-refractivity contribution is 5.90. The molecule has 50 heavy (non-hydrogen) atoms. The standard InChI is InChI=1S/C34H38F4N10O2/c1-50-32-42-19-24(20-43-32)23-17-40-31(41-18-23)48(33(49)44-16-22-6-3-2-4-7-22)27-11-9-26(10-12-27)45-30-39-21-28(34(36,37)38)29(46-30)47-14-5-8-25(35)13-15-47/h2-4,6-7,17-21,25-27H,5,8-16H2,1H3,(H,44,49)(H,39,45,46)/t25?,26-,27-. The van der Waals surface area contributed by atoms with Gasteiger partial charge in [0.1, 0.15) is 17.6 Å². The van der Waals surface area contributed by atoms with Gasteiger partial charge in [0, 0.05) is 73.8 Å². The molecule has 1 aliphatic carbocycles. The van der Waals surface area contributed by atoms with Gasteiger partial charge in [-0.25, -0.2) is 34.1 Å². The van der Waals surface area contributed by atoms with E-state index in [1.54, 1.807) is 29.7 Å². The van der Waals surface area contributed by atoms with Crippen molar-refractivity contribution in [3.05, 3.63) is 72.4 Å². The molecule has 2 fully saturated rings. The SMILES string of the molecule is COc1ncc(-c2cnc(N(C(=O)NCc3ccccc3)[C@H]3CC[C@H](Nc4ncc(C(F)(F)F)c(N5CCCC(F)CC5)n4)CC3)nc2)cn1. The summed E-state index contributed by atoms with van der Waals surface area (Å²) < 4.78 is 60.8. The number of alkyl halides is 4. The van der Waals surface area contributed by atoms with Crippen molar-refractivity contribution >= 4 is 23.7 Å². The van der Waals surface area contributed by atoms with Crippen molar-refractivity contribution in [2.24, 2.45) is 0 Å². The van der Waals surface area contributed by atoms with Crippen molar-refractivity contribution < 1.29 is 27.1 Å². The molecule has 2 amide bonds. The highest BCUT2D eigenvalue weighted by Gasteiger charge is 2.38. The van der Waals surface area contributed by atoms with Crippen LogP contribution in [0.1, 0.15) is 56.1 Å². The molecule has 0 spiro atoms. The summed E-state index contributed by atoms with van der Waals surface area (Å²) in [6.07, 6.45) is 4.69. The van der Waals surface area contributed by atoms with E-state index >= 15 is 0 Å². The van der Waals surface area contributed by atoms with Gasteiger partial charge < -0.3 is 20.3 Å². The van der Waals surface area contributed by atoms with Gasteiger partial charge in [0.15, 0.2) is 0 Å². The number of methoxy groups -OCH3 is 1. The number of rotatable bonds is 9. The molecule has 1 aliphatic heterocycles. The van der Waals surface area contributed by atoms with Gasteiger partial charge in [-0.15, -0.1) is 0 Å². The van der Waals surface area contributed by atoms with Crippen molar-refractivity contribution in [3.8, 4) is 17.1 Å². The molecule has 4 aromatic rings. The molecule has 1 aromatic carbocycles. The van der Waals surface area contributed by atoms with Crippen LogP contribution in [-0.2, 0) is 12.7 Å². The molecule has 2 N–H and O–H groups in total. The van der Waals surface area contributed by atoms with Crippen molar-refractivity contribution in [1.29, 1.82) is 0 Å².